The lowest BCUT2D eigenvalue weighted by Crippen LogP contribution is -2.39. The van der Waals surface area contributed by atoms with Crippen LogP contribution in [0.2, 0.25) is 0 Å². The Morgan fingerprint density at radius 1 is 1.57 bits per heavy atom. The van der Waals surface area contributed by atoms with Crippen LogP contribution in [0.15, 0.2) is 0 Å². The van der Waals surface area contributed by atoms with E-state index in [1.54, 1.807) is 0 Å². The topological polar surface area (TPSA) is 55.1 Å². The third kappa shape index (κ3) is 2.71. The molecule has 1 saturated carbocycles. The second-order valence-corrected chi connectivity index (χ2v) is 5.83. The van der Waals surface area contributed by atoms with Crippen molar-refractivity contribution < 1.29 is 4.79 Å². The summed E-state index contributed by atoms with van der Waals surface area (Å²) in [5.74, 6) is 0.410. The van der Waals surface area contributed by atoms with Crippen molar-refractivity contribution in [2.45, 2.75) is 34.1 Å². The molecule has 0 bridgehead atoms. The van der Waals surface area contributed by atoms with Crippen LogP contribution in [-0.4, -0.2) is 19.0 Å². The fraction of sp³-hybridized carbons (Fsp3) is 0.909. The van der Waals surface area contributed by atoms with E-state index in [1.165, 1.54) is 0 Å². The van der Waals surface area contributed by atoms with Gasteiger partial charge in [0.25, 0.3) is 0 Å². The third-order valence-corrected chi connectivity index (χ3v) is 3.12. The van der Waals surface area contributed by atoms with Gasteiger partial charge in [-0.15, -0.1) is 0 Å². The smallest absolute Gasteiger partial charge is 0.223 e. The number of amides is 1. The standard InChI is InChI=1S/C11H22N2O/c1-10(2,6-12)7-13-9(14)8-5-11(8,3)4/h8H,5-7,12H2,1-4H3,(H,13,14). The Bertz CT molecular complexity index is 233. The predicted molar refractivity (Wildman–Crippen MR) is 57.7 cm³/mol. The quantitative estimate of drug-likeness (QED) is 0.711. The molecule has 1 aliphatic carbocycles. The molecular weight excluding hydrogens is 176 g/mol. The molecule has 3 nitrogen and oxygen atoms in total. The van der Waals surface area contributed by atoms with Crippen molar-refractivity contribution in [2.24, 2.45) is 22.5 Å². The third-order valence-electron chi connectivity index (χ3n) is 3.12. The molecule has 1 atom stereocenters. The molecule has 1 fully saturated rings. The van der Waals surface area contributed by atoms with Crippen LogP contribution in [0.4, 0.5) is 0 Å². The number of nitrogens with two attached hydrogens (primary N) is 1. The maximum atomic E-state index is 11.6. The summed E-state index contributed by atoms with van der Waals surface area (Å²) in [6.07, 6.45) is 1.02. The lowest BCUT2D eigenvalue weighted by Gasteiger charge is -2.22. The molecule has 82 valence electrons. The van der Waals surface area contributed by atoms with Crippen LogP contribution in [-0.2, 0) is 4.79 Å². The predicted octanol–water partition coefficient (Wildman–Crippen LogP) is 1.13. The van der Waals surface area contributed by atoms with Crippen molar-refractivity contribution in [1.82, 2.24) is 5.32 Å². The van der Waals surface area contributed by atoms with Gasteiger partial charge in [0.1, 0.15) is 0 Å². The van der Waals surface area contributed by atoms with Crippen LogP contribution in [0.5, 0.6) is 0 Å². The van der Waals surface area contributed by atoms with E-state index in [0.717, 1.165) is 6.42 Å². The molecule has 3 N–H and O–H groups in total. The number of hydrogen-bond donors (Lipinski definition) is 2. The van der Waals surface area contributed by atoms with Crippen molar-refractivity contribution in [1.29, 1.82) is 0 Å². The zero-order valence-electron chi connectivity index (χ0n) is 9.68. The minimum Gasteiger partial charge on any atom is -0.355 e. The first-order chi connectivity index (χ1) is 6.28. The van der Waals surface area contributed by atoms with E-state index in [-0.39, 0.29) is 22.7 Å². The van der Waals surface area contributed by atoms with E-state index < -0.39 is 0 Å². The molecule has 0 aromatic carbocycles. The molecule has 1 rings (SSSR count). The molecule has 0 aliphatic heterocycles. The van der Waals surface area contributed by atoms with Crippen LogP contribution in [0.25, 0.3) is 0 Å². The molecule has 1 amide bonds. The van der Waals surface area contributed by atoms with Crippen LogP contribution < -0.4 is 11.1 Å². The highest BCUT2D eigenvalue weighted by atomic mass is 16.2. The van der Waals surface area contributed by atoms with Crippen molar-refractivity contribution in [2.75, 3.05) is 13.1 Å². The van der Waals surface area contributed by atoms with E-state index >= 15 is 0 Å². The zero-order chi connectivity index (χ0) is 11.0. The van der Waals surface area contributed by atoms with Crippen molar-refractivity contribution in [3.8, 4) is 0 Å². The minimum absolute atomic E-state index is 0.00862. The van der Waals surface area contributed by atoms with Crippen molar-refractivity contribution in [3.63, 3.8) is 0 Å². The summed E-state index contributed by atoms with van der Waals surface area (Å²) in [5.41, 5.74) is 5.81. The average Bonchev–Trinajstić information content (AvgIpc) is 2.71. The Morgan fingerprint density at radius 3 is 2.43 bits per heavy atom. The molecule has 0 saturated heterocycles. The number of hydrogen-bond acceptors (Lipinski definition) is 2. The molecule has 3 heteroatoms. The average molecular weight is 198 g/mol. The Hall–Kier alpha value is -0.570. The van der Waals surface area contributed by atoms with E-state index in [4.69, 9.17) is 5.73 Å². The molecule has 0 heterocycles. The van der Waals surface area contributed by atoms with Gasteiger partial charge >= 0.3 is 0 Å². The lowest BCUT2D eigenvalue weighted by molar-refractivity contribution is -0.123. The van der Waals surface area contributed by atoms with Crippen molar-refractivity contribution in [3.05, 3.63) is 0 Å². The normalized spacial score (nSPS) is 24.5. The first kappa shape index (κ1) is 11.5. The molecular formula is C11H22N2O. The second-order valence-electron chi connectivity index (χ2n) is 5.83. The summed E-state index contributed by atoms with van der Waals surface area (Å²) in [6, 6.07) is 0. The molecule has 0 aromatic rings. The van der Waals surface area contributed by atoms with Gasteiger partial charge in [0.2, 0.25) is 5.91 Å². The SMILES string of the molecule is CC(C)(CN)CNC(=O)C1CC1(C)C. The van der Waals surface area contributed by atoms with Gasteiger partial charge in [0.15, 0.2) is 0 Å². The summed E-state index contributed by atoms with van der Waals surface area (Å²) >= 11 is 0. The van der Waals surface area contributed by atoms with E-state index in [0.29, 0.717) is 13.1 Å². The molecule has 1 unspecified atom stereocenters. The second kappa shape index (κ2) is 3.54. The summed E-state index contributed by atoms with van der Waals surface area (Å²) in [6.45, 7) is 9.66. The van der Waals surface area contributed by atoms with Crippen LogP contribution >= 0.6 is 0 Å². The van der Waals surface area contributed by atoms with Crippen LogP contribution in [0, 0.1) is 16.7 Å². The Kier molecular flexibility index (Phi) is 2.91. The fourth-order valence-corrected chi connectivity index (χ4v) is 1.44. The minimum atomic E-state index is 0.00862. The molecule has 1 aliphatic rings. The van der Waals surface area contributed by atoms with Crippen LogP contribution in [0.3, 0.4) is 0 Å². The van der Waals surface area contributed by atoms with Gasteiger partial charge in [0, 0.05) is 12.5 Å². The number of nitrogens with one attached hydrogen (secondary N) is 1. The number of rotatable bonds is 4. The molecule has 0 aromatic heterocycles. The van der Waals surface area contributed by atoms with Gasteiger partial charge in [-0.3, -0.25) is 4.79 Å². The highest BCUT2D eigenvalue weighted by molar-refractivity contribution is 5.82. The van der Waals surface area contributed by atoms with Gasteiger partial charge in [-0.2, -0.15) is 0 Å². The maximum absolute atomic E-state index is 11.6. The van der Waals surface area contributed by atoms with Crippen LogP contribution in [0.1, 0.15) is 34.1 Å². The zero-order valence-corrected chi connectivity index (χ0v) is 9.68. The van der Waals surface area contributed by atoms with Gasteiger partial charge in [0.05, 0.1) is 0 Å². The largest absolute Gasteiger partial charge is 0.355 e. The highest BCUT2D eigenvalue weighted by Gasteiger charge is 2.50. The van der Waals surface area contributed by atoms with E-state index in [9.17, 15) is 4.79 Å². The van der Waals surface area contributed by atoms with E-state index in [1.807, 2.05) is 0 Å². The maximum Gasteiger partial charge on any atom is 0.223 e. The molecule has 0 radical (unpaired) electrons. The first-order valence-electron chi connectivity index (χ1n) is 5.26. The summed E-state index contributed by atoms with van der Waals surface area (Å²) in [4.78, 5) is 11.6. The molecule has 0 spiro atoms. The van der Waals surface area contributed by atoms with Gasteiger partial charge in [-0.25, -0.2) is 0 Å². The summed E-state index contributed by atoms with van der Waals surface area (Å²) < 4.78 is 0. The Balaban J connectivity index is 2.30. The highest BCUT2D eigenvalue weighted by Crippen LogP contribution is 2.51. The number of carbonyl (C=O) groups is 1. The fourth-order valence-electron chi connectivity index (χ4n) is 1.44. The van der Waals surface area contributed by atoms with Gasteiger partial charge in [-0.1, -0.05) is 27.7 Å². The van der Waals surface area contributed by atoms with E-state index in [2.05, 4.69) is 33.0 Å². The lowest BCUT2D eigenvalue weighted by atomic mass is 9.94. The molecule has 14 heavy (non-hydrogen) atoms. The number of carbonyl (C=O) groups excluding carboxylic acids is 1. The first-order valence-corrected chi connectivity index (χ1v) is 5.26. The Morgan fingerprint density at radius 2 is 2.07 bits per heavy atom. The Labute approximate surface area is 86.4 Å². The van der Waals surface area contributed by atoms with Gasteiger partial charge in [-0.05, 0) is 23.8 Å². The summed E-state index contributed by atoms with van der Waals surface area (Å²) in [7, 11) is 0. The monoisotopic (exact) mass is 198 g/mol. The van der Waals surface area contributed by atoms with Gasteiger partial charge < -0.3 is 11.1 Å². The summed E-state index contributed by atoms with van der Waals surface area (Å²) in [5, 5.41) is 2.97. The van der Waals surface area contributed by atoms with Crippen molar-refractivity contribution >= 4 is 5.91 Å².